The first-order valence-corrected chi connectivity index (χ1v) is 7.93. The van der Waals surface area contributed by atoms with Crippen LogP contribution in [0.2, 0.25) is 5.02 Å². The van der Waals surface area contributed by atoms with E-state index in [9.17, 15) is 15.3 Å². The van der Waals surface area contributed by atoms with Crippen LogP contribution in [-0.4, -0.2) is 27.5 Å². The Morgan fingerprint density at radius 1 is 1.36 bits per heavy atom. The van der Waals surface area contributed by atoms with E-state index >= 15 is 0 Å². The van der Waals surface area contributed by atoms with Crippen molar-refractivity contribution in [1.29, 1.82) is 0 Å². The Bertz CT molecular complexity index is 523. The first-order valence-electron chi connectivity index (χ1n) is 7.55. The third-order valence-corrected chi connectivity index (χ3v) is 4.16. The summed E-state index contributed by atoms with van der Waals surface area (Å²) in [5, 5.41) is 29.7. The third kappa shape index (κ3) is 5.48. The number of aliphatic hydroxyl groups is 2. The van der Waals surface area contributed by atoms with Crippen molar-refractivity contribution >= 4 is 17.7 Å². The van der Waals surface area contributed by atoms with Crippen molar-refractivity contribution in [2.45, 2.75) is 45.3 Å². The van der Waals surface area contributed by atoms with Crippen molar-refractivity contribution < 1.29 is 15.3 Å². The van der Waals surface area contributed by atoms with Crippen molar-refractivity contribution in [3.05, 3.63) is 47.0 Å². The van der Waals surface area contributed by atoms with E-state index in [2.05, 4.69) is 6.58 Å². The van der Waals surface area contributed by atoms with Crippen molar-refractivity contribution in [2.24, 2.45) is 5.92 Å². The Hall–Kier alpha value is -1.29. The van der Waals surface area contributed by atoms with Gasteiger partial charge in [0, 0.05) is 5.92 Å². The highest BCUT2D eigenvalue weighted by atomic mass is 35.5. The lowest BCUT2D eigenvalue weighted by molar-refractivity contribution is 0.0421. The lowest BCUT2D eigenvalue weighted by Gasteiger charge is -2.22. The zero-order valence-corrected chi connectivity index (χ0v) is 13.9. The highest BCUT2D eigenvalue weighted by Gasteiger charge is 2.20. The lowest BCUT2D eigenvalue weighted by Crippen LogP contribution is -2.28. The molecule has 3 atom stereocenters. The molecule has 0 bridgehead atoms. The molecule has 0 aromatic heterocycles. The summed E-state index contributed by atoms with van der Waals surface area (Å²) >= 11 is 6.11. The van der Waals surface area contributed by atoms with Gasteiger partial charge < -0.3 is 15.3 Å². The van der Waals surface area contributed by atoms with Gasteiger partial charge in [-0.3, -0.25) is 0 Å². The maximum atomic E-state index is 10.2. The van der Waals surface area contributed by atoms with Crippen LogP contribution in [0, 0.1) is 5.92 Å². The molecule has 0 aliphatic rings. The Balaban J connectivity index is 2.76. The molecular weight excluding hydrogens is 300 g/mol. The van der Waals surface area contributed by atoms with Crippen LogP contribution in [0.5, 0.6) is 5.75 Å². The normalized spacial score (nSPS) is 16.1. The van der Waals surface area contributed by atoms with Crippen LogP contribution < -0.4 is 0 Å². The molecule has 0 amide bonds. The summed E-state index contributed by atoms with van der Waals surface area (Å²) in [5.41, 5.74) is 2.00. The number of aromatic hydroxyl groups is 1. The van der Waals surface area contributed by atoms with Crippen molar-refractivity contribution in [3.8, 4) is 5.75 Å². The van der Waals surface area contributed by atoms with E-state index in [0.29, 0.717) is 17.9 Å². The van der Waals surface area contributed by atoms with Crippen LogP contribution in [-0.2, 0) is 0 Å². The molecule has 1 aromatic rings. The van der Waals surface area contributed by atoms with Crippen molar-refractivity contribution in [1.82, 2.24) is 0 Å². The zero-order valence-electron chi connectivity index (χ0n) is 13.2. The van der Waals surface area contributed by atoms with Crippen LogP contribution in [0.25, 0.3) is 6.08 Å². The Morgan fingerprint density at radius 2 is 2.05 bits per heavy atom. The maximum absolute atomic E-state index is 10.2. The number of phenolic OH excluding ortho intramolecular Hbond substituents is 1. The second-order valence-electron chi connectivity index (χ2n) is 5.52. The van der Waals surface area contributed by atoms with Crippen molar-refractivity contribution in [2.75, 3.05) is 0 Å². The van der Waals surface area contributed by atoms with Gasteiger partial charge in [0.15, 0.2) is 0 Å². The molecule has 3 nitrogen and oxygen atoms in total. The van der Waals surface area contributed by atoms with Gasteiger partial charge in [-0.1, -0.05) is 36.2 Å². The molecular formula is C18H25ClO3. The highest BCUT2D eigenvalue weighted by Crippen LogP contribution is 2.26. The summed E-state index contributed by atoms with van der Waals surface area (Å²) in [5.74, 6) is -0.184. The number of hydrogen-bond acceptors (Lipinski definition) is 3. The maximum Gasteiger partial charge on any atom is 0.117 e. The minimum atomic E-state index is -0.622. The Kier molecular flexibility index (Phi) is 7.66. The molecule has 4 heteroatoms. The predicted octanol–water partition coefficient (Wildman–Crippen LogP) is 4.16. The summed E-state index contributed by atoms with van der Waals surface area (Å²) in [6.07, 6.45) is 4.46. The molecule has 1 aromatic carbocycles. The van der Waals surface area contributed by atoms with E-state index < -0.39 is 12.2 Å². The van der Waals surface area contributed by atoms with Crippen LogP contribution in [0.1, 0.15) is 38.7 Å². The third-order valence-electron chi connectivity index (χ3n) is 3.83. The minimum Gasteiger partial charge on any atom is -0.508 e. The second kappa shape index (κ2) is 8.99. The molecule has 0 unspecified atom stereocenters. The van der Waals surface area contributed by atoms with E-state index in [0.717, 1.165) is 17.6 Å². The lowest BCUT2D eigenvalue weighted by atomic mass is 9.91. The van der Waals surface area contributed by atoms with Gasteiger partial charge >= 0.3 is 0 Å². The molecule has 0 heterocycles. The first-order chi connectivity index (χ1) is 10.4. The molecule has 22 heavy (non-hydrogen) atoms. The van der Waals surface area contributed by atoms with E-state index in [1.165, 1.54) is 6.07 Å². The monoisotopic (exact) mass is 324 g/mol. The fourth-order valence-corrected chi connectivity index (χ4v) is 2.63. The van der Waals surface area contributed by atoms with Gasteiger partial charge in [0.1, 0.15) is 5.75 Å². The van der Waals surface area contributed by atoms with E-state index in [1.54, 1.807) is 25.1 Å². The molecule has 122 valence electrons. The number of aliphatic hydroxyl groups excluding tert-OH is 2. The summed E-state index contributed by atoms with van der Waals surface area (Å²) in [6, 6.07) is 4.88. The number of hydrogen-bond donors (Lipinski definition) is 3. The Morgan fingerprint density at radius 3 is 2.55 bits per heavy atom. The Labute approximate surface area is 137 Å². The predicted molar refractivity (Wildman–Crippen MR) is 92.0 cm³/mol. The van der Waals surface area contributed by atoms with Gasteiger partial charge in [0.05, 0.1) is 17.2 Å². The SMILES string of the molecule is C=C[C@H]([C@H](O)CC/C(=C/c1ccc(O)cc1Cl)CC)[C@@H](C)O. The van der Waals surface area contributed by atoms with Gasteiger partial charge in [-0.25, -0.2) is 0 Å². The second-order valence-corrected chi connectivity index (χ2v) is 5.93. The largest absolute Gasteiger partial charge is 0.508 e. The quantitative estimate of drug-likeness (QED) is 0.629. The van der Waals surface area contributed by atoms with Gasteiger partial charge in [0.25, 0.3) is 0 Å². The van der Waals surface area contributed by atoms with Crippen molar-refractivity contribution in [3.63, 3.8) is 0 Å². The van der Waals surface area contributed by atoms with E-state index in [1.807, 2.05) is 13.0 Å². The molecule has 0 aliphatic carbocycles. The summed E-state index contributed by atoms with van der Waals surface area (Å²) in [6.45, 7) is 7.37. The minimum absolute atomic E-state index is 0.140. The van der Waals surface area contributed by atoms with Gasteiger partial charge in [-0.05, 0) is 49.9 Å². The molecule has 0 saturated carbocycles. The fraction of sp³-hybridized carbons (Fsp3) is 0.444. The number of allylic oxidation sites excluding steroid dienone is 1. The fourth-order valence-electron chi connectivity index (χ4n) is 2.41. The summed E-state index contributed by atoms with van der Waals surface area (Å²) in [4.78, 5) is 0. The standard InChI is InChI=1S/C18H25ClO3/c1-4-13(6-9-18(22)16(5-2)12(3)20)10-14-7-8-15(21)11-17(14)19/h5,7-8,10-12,16,18,20-22H,2,4,6,9H2,1,3H3/b13-10+/t12-,16+,18-/m1/s1. The molecule has 1 rings (SSSR count). The van der Waals surface area contributed by atoms with Gasteiger partial charge in [-0.2, -0.15) is 0 Å². The smallest absolute Gasteiger partial charge is 0.117 e. The molecule has 3 N–H and O–H groups in total. The number of halogens is 1. The van der Waals surface area contributed by atoms with E-state index in [4.69, 9.17) is 11.6 Å². The van der Waals surface area contributed by atoms with Crippen LogP contribution in [0.4, 0.5) is 0 Å². The summed E-state index contributed by atoms with van der Waals surface area (Å²) < 4.78 is 0. The van der Waals surface area contributed by atoms with Crippen LogP contribution >= 0.6 is 11.6 Å². The topological polar surface area (TPSA) is 60.7 Å². The van der Waals surface area contributed by atoms with E-state index in [-0.39, 0.29) is 11.7 Å². The summed E-state index contributed by atoms with van der Waals surface area (Å²) in [7, 11) is 0. The average molecular weight is 325 g/mol. The number of benzene rings is 1. The molecule has 0 saturated heterocycles. The number of rotatable bonds is 8. The molecule has 0 fully saturated rings. The molecule has 0 radical (unpaired) electrons. The van der Waals surface area contributed by atoms with Gasteiger partial charge in [-0.15, -0.1) is 6.58 Å². The average Bonchev–Trinajstić information content (AvgIpc) is 2.45. The van der Waals surface area contributed by atoms with Crippen LogP contribution in [0.3, 0.4) is 0 Å². The van der Waals surface area contributed by atoms with Gasteiger partial charge in [0.2, 0.25) is 0 Å². The molecule has 0 spiro atoms. The molecule has 0 aliphatic heterocycles. The number of phenols is 1. The van der Waals surface area contributed by atoms with Crippen LogP contribution in [0.15, 0.2) is 36.4 Å². The highest BCUT2D eigenvalue weighted by molar-refractivity contribution is 6.32. The first kappa shape index (κ1) is 18.8. The zero-order chi connectivity index (χ0) is 16.7.